The van der Waals surface area contributed by atoms with E-state index in [0.717, 1.165) is 60.1 Å². The molecule has 1 aromatic carbocycles. The lowest BCUT2D eigenvalue weighted by atomic mass is 9.96. The molecule has 18 heavy (non-hydrogen) atoms. The van der Waals surface area contributed by atoms with E-state index in [9.17, 15) is 4.79 Å². The van der Waals surface area contributed by atoms with Crippen LogP contribution in [0.2, 0.25) is 0 Å². The Morgan fingerprint density at radius 3 is 3.00 bits per heavy atom. The molecule has 1 aliphatic rings. The van der Waals surface area contributed by atoms with Crippen molar-refractivity contribution in [3.8, 4) is 0 Å². The maximum absolute atomic E-state index is 11.4. The highest BCUT2D eigenvalue weighted by molar-refractivity contribution is 5.98. The monoisotopic (exact) mass is 240 g/mol. The average Bonchev–Trinajstić information content (AvgIpc) is 2.44. The highest BCUT2D eigenvalue weighted by atomic mass is 16.1. The zero-order chi connectivity index (χ0) is 12.5. The molecule has 0 bridgehead atoms. The van der Waals surface area contributed by atoms with Crippen LogP contribution in [0.25, 0.3) is 10.9 Å². The quantitative estimate of drug-likeness (QED) is 0.756. The molecule has 2 aromatic rings. The molecule has 1 aromatic heterocycles. The summed E-state index contributed by atoms with van der Waals surface area (Å²) < 4.78 is 0. The van der Waals surface area contributed by atoms with E-state index >= 15 is 0 Å². The second-order valence-corrected chi connectivity index (χ2v) is 4.70. The Balaban J connectivity index is 2.24. The molecule has 0 fully saturated rings. The fourth-order valence-corrected chi connectivity index (χ4v) is 2.68. The van der Waals surface area contributed by atoms with Gasteiger partial charge in [0.25, 0.3) is 0 Å². The maximum atomic E-state index is 11.4. The summed E-state index contributed by atoms with van der Waals surface area (Å²) in [5.74, 6) is 0. The van der Waals surface area contributed by atoms with Crippen LogP contribution in [0.15, 0.2) is 24.3 Å². The van der Waals surface area contributed by atoms with E-state index in [-0.39, 0.29) is 0 Å². The second-order valence-electron chi connectivity index (χ2n) is 4.70. The van der Waals surface area contributed by atoms with Crippen LogP contribution in [-0.4, -0.2) is 29.3 Å². The lowest BCUT2D eigenvalue weighted by Crippen LogP contribution is -2.31. The van der Waals surface area contributed by atoms with Crippen molar-refractivity contribution in [2.24, 2.45) is 0 Å². The molecule has 2 heterocycles. The molecule has 0 saturated heterocycles. The summed E-state index contributed by atoms with van der Waals surface area (Å²) in [4.78, 5) is 18.5. The number of aromatic nitrogens is 1. The predicted molar refractivity (Wildman–Crippen MR) is 71.8 cm³/mol. The van der Waals surface area contributed by atoms with Gasteiger partial charge < -0.3 is 0 Å². The number of aldehydes is 1. The van der Waals surface area contributed by atoms with Crippen molar-refractivity contribution in [3.05, 3.63) is 41.1 Å². The average molecular weight is 240 g/mol. The van der Waals surface area contributed by atoms with E-state index in [1.165, 1.54) is 0 Å². The summed E-state index contributed by atoms with van der Waals surface area (Å²) in [6.07, 6.45) is 1.93. The summed E-state index contributed by atoms with van der Waals surface area (Å²) >= 11 is 0. The van der Waals surface area contributed by atoms with E-state index in [1.807, 2.05) is 24.3 Å². The largest absolute Gasteiger partial charge is 0.299 e. The Bertz CT molecular complexity index is 607. The molecule has 3 nitrogen and oxygen atoms in total. The first-order chi connectivity index (χ1) is 8.83. The molecule has 1 aliphatic heterocycles. The molecule has 3 rings (SSSR count). The van der Waals surface area contributed by atoms with Gasteiger partial charge in [-0.1, -0.05) is 25.1 Å². The fourth-order valence-electron chi connectivity index (χ4n) is 2.68. The van der Waals surface area contributed by atoms with Crippen molar-refractivity contribution in [2.45, 2.75) is 19.9 Å². The molecule has 0 N–H and O–H groups in total. The van der Waals surface area contributed by atoms with Gasteiger partial charge in [-0.15, -0.1) is 0 Å². The third-order valence-corrected chi connectivity index (χ3v) is 3.73. The number of benzene rings is 1. The molecular formula is C15H16N2O. The molecule has 0 radical (unpaired) electrons. The summed E-state index contributed by atoms with van der Waals surface area (Å²) in [7, 11) is 0. The zero-order valence-electron chi connectivity index (χ0n) is 10.5. The smallest absolute Gasteiger partial charge is 0.151 e. The minimum absolute atomic E-state index is 0.828. The van der Waals surface area contributed by atoms with E-state index in [0.29, 0.717) is 0 Å². The van der Waals surface area contributed by atoms with E-state index in [4.69, 9.17) is 4.98 Å². The number of nitrogens with zero attached hydrogens (tertiary/aromatic N) is 2. The SMILES string of the molecule is CCN1CCc2nc3ccccc3c(C=O)c2C1. The van der Waals surface area contributed by atoms with Crippen LogP contribution in [0.5, 0.6) is 0 Å². The van der Waals surface area contributed by atoms with Crippen LogP contribution >= 0.6 is 0 Å². The van der Waals surface area contributed by atoms with Crippen LogP contribution in [-0.2, 0) is 13.0 Å². The molecule has 0 atom stereocenters. The number of rotatable bonds is 2. The van der Waals surface area contributed by atoms with Crippen molar-refractivity contribution >= 4 is 17.2 Å². The molecule has 0 spiro atoms. The summed E-state index contributed by atoms with van der Waals surface area (Å²) in [5, 5.41) is 0.976. The summed E-state index contributed by atoms with van der Waals surface area (Å²) in [6, 6.07) is 7.90. The number of hydrogen-bond donors (Lipinski definition) is 0. The number of pyridine rings is 1. The minimum atomic E-state index is 0.828. The lowest BCUT2D eigenvalue weighted by Gasteiger charge is -2.28. The molecular weight excluding hydrogens is 224 g/mol. The third kappa shape index (κ3) is 1.71. The van der Waals surface area contributed by atoms with Crippen LogP contribution < -0.4 is 0 Å². The highest BCUT2D eigenvalue weighted by Gasteiger charge is 2.21. The highest BCUT2D eigenvalue weighted by Crippen LogP contribution is 2.26. The standard InChI is InChI=1S/C15H16N2O/c1-2-17-8-7-15-12(9-17)13(10-18)11-5-3-4-6-14(11)16-15/h3-6,10H,2,7-9H2,1H3. The number of carbonyl (C=O) groups excluding carboxylic acids is 1. The first kappa shape index (κ1) is 11.4. The maximum Gasteiger partial charge on any atom is 0.151 e. The van der Waals surface area contributed by atoms with Gasteiger partial charge in [-0.3, -0.25) is 14.7 Å². The Labute approximate surface area is 106 Å². The first-order valence-corrected chi connectivity index (χ1v) is 6.41. The molecule has 92 valence electrons. The molecule has 0 unspecified atom stereocenters. The molecule has 0 saturated carbocycles. The Kier molecular flexibility index (Phi) is 2.84. The normalized spacial score (nSPS) is 15.6. The van der Waals surface area contributed by atoms with Crippen LogP contribution in [0.4, 0.5) is 0 Å². The van der Waals surface area contributed by atoms with Gasteiger partial charge in [0.05, 0.1) is 5.52 Å². The third-order valence-electron chi connectivity index (χ3n) is 3.73. The number of likely N-dealkylation sites (N-methyl/N-ethyl adjacent to an activating group) is 1. The van der Waals surface area contributed by atoms with E-state index < -0.39 is 0 Å². The van der Waals surface area contributed by atoms with Crippen LogP contribution in [0.3, 0.4) is 0 Å². The summed E-state index contributed by atoms with van der Waals surface area (Å²) in [6.45, 7) is 5.05. The van der Waals surface area contributed by atoms with Gasteiger partial charge >= 0.3 is 0 Å². The zero-order valence-corrected chi connectivity index (χ0v) is 10.5. The lowest BCUT2D eigenvalue weighted by molar-refractivity contribution is 0.112. The van der Waals surface area contributed by atoms with E-state index in [1.54, 1.807) is 0 Å². The number of hydrogen-bond acceptors (Lipinski definition) is 3. The molecule has 0 aliphatic carbocycles. The fraction of sp³-hybridized carbons (Fsp3) is 0.333. The van der Waals surface area contributed by atoms with Crippen molar-refractivity contribution in [2.75, 3.05) is 13.1 Å². The topological polar surface area (TPSA) is 33.2 Å². The Hall–Kier alpha value is -1.74. The van der Waals surface area contributed by atoms with Gasteiger partial charge in [0.1, 0.15) is 0 Å². The van der Waals surface area contributed by atoms with E-state index in [2.05, 4.69) is 11.8 Å². The van der Waals surface area contributed by atoms with Crippen molar-refractivity contribution < 1.29 is 4.79 Å². The summed E-state index contributed by atoms with van der Waals surface area (Å²) in [5.41, 5.74) is 3.98. The van der Waals surface area contributed by atoms with Gasteiger partial charge in [0.15, 0.2) is 6.29 Å². The van der Waals surface area contributed by atoms with Gasteiger partial charge in [-0.25, -0.2) is 0 Å². The molecule has 0 amide bonds. The van der Waals surface area contributed by atoms with Gasteiger partial charge in [-0.2, -0.15) is 0 Å². The predicted octanol–water partition coefficient (Wildman–Crippen LogP) is 2.43. The van der Waals surface area contributed by atoms with Crippen LogP contribution in [0.1, 0.15) is 28.5 Å². The van der Waals surface area contributed by atoms with Crippen molar-refractivity contribution in [1.82, 2.24) is 9.88 Å². The Morgan fingerprint density at radius 2 is 2.22 bits per heavy atom. The van der Waals surface area contributed by atoms with Crippen LogP contribution in [0, 0.1) is 0 Å². The van der Waals surface area contributed by atoms with Gasteiger partial charge in [0, 0.05) is 36.2 Å². The van der Waals surface area contributed by atoms with Gasteiger partial charge in [0.2, 0.25) is 0 Å². The minimum Gasteiger partial charge on any atom is -0.299 e. The molecule has 3 heteroatoms. The first-order valence-electron chi connectivity index (χ1n) is 6.41. The van der Waals surface area contributed by atoms with Crippen molar-refractivity contribution in [3.63, 3.8) is 0 Å². The Morgan fingerprint density at radius 1 is 1.39 bits per heavy atom. The number of fused-ring (bicyclic) bond motifs is 2. The number of carbonyl (C=O) groups is 1. The number of para-hydroxylation sites is 1. The second kappa shape index (κ2) is 4.50. The van der Waals surface area contributed by atoms with Gasteiger partial charge in [-0.05, 0) is 18.2 Å². The van der Waals surface area contributed by atoms with Crippen molar-refractivity contribution in [1.29, 1.82) is 0 Å².